The Morgan fingerprint density at radius 3 is 2.59 bits per heavy atom. The highest BCUT2D eigenvalue weighted by atomic mass is 79.9. The van der Waals surface area contributed by atoms with Gasteiger partial charge >= 0.3 is 0 Å². The summed E-state index contributed by atoms with van der Waals surface area (Å²) in [5.41, 5.74) is 8.53. The summed E-state index contributed by atoms with van der Waals surface area (Å²) in [5.74, 6) is 5.35. The van der Waals surface area contributed by atoms with Gasteiger partial charge in [0.2, 0.25) is 0 Å². The first kappa shape index (κ1) is 25.3. The third kappa shape index (κ3) is 9.11. The van der Waals surface area contributed by atoms with Gasteiger partial charge in [-0.15, -0.1) is 0 Å². The maximum absolute atomic E-state index is 12.5. The van der Waals surface area contributed by atoms with Crippen molar-refractivity contribution in [1.29, 1.82) is 0 Å². The van der Waals surface area contributed by atoms with Crippen LogP contribution in [0.1, 0.15) is 38.2 Å². The van der Waals surface area contributed by atoms with Crippen LogP contribution in [-0.4, -0.2) is 42.5 Å². The third-order valence-electron chi connectivity index (χ3n) is 3.87. The van der Waals surface area contributed by atoms with Crippen LogP contribution in [0.2, 0.25) is 0 Å². The Morgan fingerprint density at radius 1 is 1.34 bits per heavy atom. The molecule has 29 heavy (non-hydrogen) atoms. The highest BCUT2D eigenvalue weighted by molar-refractivity contribution is 9.11. The maximum atomic E-state index is 12.5. The molecule has 7 N–H and O–H groups in total. The van der Waals surface area contributed by atoms with Gasteiger partial charge in [0.1, 0.15) is 17.6 Å². The van der Waals surface area contributed by atoms with Gasteiger partial charge < -0.3 is 26.4 Å². The SMILES string of the molecule is CCCCC(N=CNN)NC(=O)C(Cc1cc(Br)c(OCCCN)c(Br)c1)=NO. The van der Waals surface area contributed by atoms with Crippen LogP contribution in [0, 0.1) is 0 Å². The van der Waals surface area contributed by atoms with E-state index in [1.165, 1.54) is 6.34 Å². The fourth-order valence-corrected chi connectivity index (χ4v) is 3.92. The number of nitrogens with zero attached hydrogens (tertiary/aromatic N) is 2. The van der Waals surface area contributed by atoms with Crippen molar-refractivity contribution in [2.45, 2.75) is 45.2 Å². The van der Waals surface area contributed by atoms with Crippen LogP contribution >= 0.6 is 31.9 Å². The first-order chi connectivity index (χ1) is 14.0. The molecule has 9 nitrogen and oxygen atoms in total. The molecule has 11 heteroatoms. The van der Waals surface area contributed by atoms with Crippen LogP contribution in [0.4, 0.5) is 0 Å². The summed E-state index contributed by atoms with van der Waals surface area (Å²) in [4.78, 5) is 16.7. The molecule has 0 radical (unpaired) electrons. The number of nitrogens with two attached hydrogens (primary N) is 2. The van der Waals surface area contributed by atoms with Crippen LogP contribution < -0.4 is 27.1 Å². The van der Waals surface area contributed by atoms with E-state index in [0.29, 0.717) is 25.3 Å². The first-order valence-electron chi connectivity index (χ1n) is 9.27. The zero-order valence-corrected chi connectivity index (χ0v) is 19.5. The van der Waals surface area contributed by atoms with Crippen molar-refractivity contribution in [3.63, 3.8) is 0 Å². The lowest BCUT2D eigenvalue weighted by Crippen LogP contribution is -2.39. The van der Waals surface area contributed by atoms with E-state index < -0.39 is 12.1 Å². The summed E-state index contributed by atoms with van der Waals surface area (Å²) < 4.78 is 7.14. The number of hydrogen-bond acceptors (Lipinski definition) is 7. The average molecular weight is 536 g/mol. The standard InChI is InChI=1S/C18H28Br2N6O3/c1-2-3-5-16(23-11-24-22)25-18(27)15(26-28)10-12-8-13(19)17(14(20)9-12)29-7-4-6-21/h8-9,11,16,28H,2-7,10,21-22H2,1H3,(H,23,24)(H,25,27). The topological polar surface area (TPSA) is 147 Å². The molecule has 1 aromatic rings. The molecule has 0 saturated heterocycles. The average Bonchev–Trinajstić information content (AvgIpc) is 2.70. The molecule has 0 fully saturated rings. The van der Waals surface area contributed by atoms with Crippen molar-refractivity contribution in [3.8, 4) is 5.75 Å². The zero-order valence-electron chi connectivity index (χ0n) is 16.3. The molecule has 0 heterocycles. The third-order valence-corrected chi connectivity index (χ3v) is 5.04. The Kier molecular flexibility index (Phi) is 12.5. The van der Waals surface area contributed by atoms with Gasteiger partial charge in [0.25, 0.3) is 5.91 Å². The van der Waals surface area contributed by atoms with E-state index in [0.717, 1.165) is 33.8 Å². The van der Waals surface area contributed by atoms with Gasteiger partial charge in [0, 0.05) is 6.42 Å². The van der Waals surface area contributed by atoms with E-state index in [4.69, 9.17) is 16.3 Å². The van der Waals surface area contributed by atoms with Gasteiger partial charge in [-0.05, 0) is 75.4 Å². The number of halogens is 2. The number of oxime groups is 1. The molecule has 1 aromatic carbocycles. The van der Waals surface area contributed by atoms with Crippen LogP contribution in [-0.2, 0) is 11.2 Å². The van der Waals surface area contributed by atoms with E-state index in [1.807, 2.05) is 19.1 Å². The molecule has 1 unspecified atom stereocenters. The maximum Gasteiger partial charge on any atom is 0.271 e. The lowest BCUT2D eigenvalue weighted by molar-refractivity contribution is -0.115. The van der Waals surface area contributed by atoms with E-state index in [9.17, 15) is 10.0 Å². The van der Waals surface area contributed by atoms with E-state index in [2.05, 4.69) is 52.8 Å². The number of aliphatic imine (C=N–C) groups is 1. The Morgan fingerprint density at radius 2 is 2.03 bits per heavy atom. The minimum Gasteiger partial charge on any atom is -0.491 e. The second-order valence-corrected chi connectivity index (χ2v) is 7.89. The number of carbonyl (C=O) groups is 1. The Balaban J connectivity index is 2.85. The molecule has 0 aliphatic carbocycles. The quantitative estimate of drug-likeness (QED) is 0.0654. The second kappa shape index (κ2) is 14.3. The van der Waals surface area contributed by atoms with Crippen molar-refractivity contribution in [1.82, 2.24) is 10.7 Å². The molecule has 0 saturated carbocycles. The number of hydrazine groups is 1. The number of rotatable bonds is 13. The number of ether oxygens (including phenoxy) is 1. The van der Waals surface area contributed by atoms with Crippen molar-refractivity contribution < 1.29 is 14.7 Å². The number of carbonyl (C=O) groups excluding carboxylic acids is 1. The molecule has 1 atom stereocenters. The molecule has 1 amide bonds. The zero-order chi connectivity index (χ0) is 21.6. The molecule has 0 bridgehead atoms. The first-order valence-corrected chi connectivity index (χ1v) is 10.9. The second-order valence-electron chi connectivity index (χ2n) is 6.18. The van der Waals surface area contributed by atoms with E-state index in [1.54, 1.807) is 0 Å². The van der Waals surface area contributed by atoms with Crippen molar-refractivity contribution >= 4 is 49.8 Å². The summed E-state index contributed by atoms with van der Waals surface area (Å²) >= 11 is 6.94. The van der Waals surface area contributed by atoms with Crippen LogP contribution in [0.25, 0.3) is 0 Å². The Labute approximate surface area is 187 Å². The van der Waals surface area contributed by atoms with Crippen LogP contribution in [0.3, 0.4) is 0 Å². The highest BCUT2D eigenvalue weighted by Gasteiger charge is 2.19. The number of hydrogen-bond donors (Lipinski definition) is 5. The molecule has 0 aliphatic rings. The summed E-state index contributed by atoms with van der Waals surface area (Å²) in [6.07, 6.45) is 4.20. The van der Waals surface area contributed by atoms with Gasteiger partial charge in [-0.25, -0.2) is 10.8 Å². The summed E-state index contributed by atoms with van der Waals surface area (Å²) in [6, 6.07) is 3.62. The summed E-state index contributed by atoms with van der Waals surface area (Å²) in [5, 5.41) is 15.3. The van der Waals surface area contributed by atoms with Crippen molar-refractivity contribution in [2.75, 3.05) is 13.2 Å². The van der Waals surface area contributed by atoms with Crippen LogP contribution in [0.15, 0.2) is 31.2 Å². The monoisotopic (exact) mass is 534 g/mol. The van der Waals surface area contributed by atoms with Crippen LogP contribution in [0.5, 0.6) is 5.75 Å². The summed E-state index contributed by atoms with van der Waals surface area (Å²) in [7, 11) is 0. The molecule has 162 valence electrons. The highest BCUT2D eigenvalue weighted by Crippen LogP contribution is 2.35. The Hall–Kier alpha value is -1.69. The van der Waals surface area contributed by atoms with Gasteiger partial charge in [0.05, 0.1) is 21.9 Å². The molecule has 0 aromatic heterocycles. The van der Waals surface area contributed by atoms with E-state index >= 15 is 0 Å². The predicted octanol–water partition coefficient (Wildman–Crippen LogP) is 2.44. The van der Waals surface area contributed by atoms with E-state index in [-0.39, 0.29) is 12.1 Å². The Bertz CT molecular complexity index is 692. The number of unbranched alkanes of at least 4 members (excludes halogenated alkanes) is 1. The number of amides is 1. The lowest BCUT2D eigenvalue weighted by atomic mass is 10.1. The van der Waals surface area contributed by atoms with Gasteiger partial charge in [-0.1, -0.05) is 18.5 Å². The fourth-order valence-electron chi connectivity index (χ4n) is 2.41. The van der Waals surface area contributed by atoms with Crippen molar-refractivity contribution in [2.24, 2.45) is 21.7 Å². The number of benzene rings is 1. The minimum absolute atomic E-state index is 0.0296. The van der Waals surface area contributed by atoms with Gasteiger partial charge in [0.15, 0.2) is 0 Å². The van der Waals surface area contributed by atoms with Crippen molar-refractivity contribution in [3.05, 3.63) is 26.6 Å². The predicted molar refractivity (Wildman–Crippen MR) is 121 cm³/mol. The minimum atomic E-state index is -0.502. The van der Waals surface area contributed by atoms with Gasteiger partial charge in [-0.2, -0.15) is 0 Å². The smallest absolute Gasteiger partial charge is 0.271 e. The number of nitrogens with one attached hydrogen (secondary N) is 2. The molecular weight excluding hydrogens is 508 g/mol. The molecule has 1 rings (SSSR count). The van der Waals surface area contributed by atoms with Gasteiger partial charge in [-0.3, -0.25) is 4.79 Å². The largest absolute Gasteiger partial charge is 0.491 e. The lowest BCUT2D eigenvalue weighted by Gasteiger charge is -2.15. The summed E-state index contributed by atoms with van der Waals surface area (Å²) in [6.45, 7) is 3.09. The molecular formula is C18H28Br2N6O3. The molecule has 0 spiro atoms. The fraction of sp³-hybridized carbons (Fsp3) is 0.500. The normalized spacial score (nSPS) is 12.8. The molecule has 0 aliphatic heterocycles.